The van der Waals surface area contributed by atoms with Gasteiger partial charge in [-0.05, 0) is 49.2 Å². The van der Waals surface area contributed by atoms with E-state index >= 15 is 0 Å². The molecule has 2 N–H and O–H groups in total. The number of nitrogens with one attached hydrogen (secondary N) is 1. The van der Waals surface area contributed by atoms with E-state index in [1.54, 1.807) is 19.1 Å². The van der Waals surface area contributed by atoms with Crippen molar-refractivity contribution in [3.63, 3.8) is 0 Å². The van der Waals surface area contributed by atoms with Gasteiger partial charge in [-0.25, -0.2) is 0 Å². The van der Waals surface area contributed by atoms with Crippen LogP contribution in [0.25, 0.3) is 0 Å². The molecule has 5 nitrogen and oxygen atoms in total. The number of carbonyl (C=O) groups excluding carboxylic acids is 1. The van der Waals surface area contributed by atoms with Crippen LogP contribution in [0.15, 0.2) is 42.5 Å². The van der Waals surface area contributed by atoms with Crippen molar-refractivity contribution in [1.29, 1.82) is 5.26 Å². The number of hydrogen-bond donors (Lipinski definition) is 2. The normalized spacial score (nSPS) is 13.2. The molecule has 2 aromatic carbocycles. The number of ether oxygens (including phenoxy) is 1. The van der Waals surface area contributed by atoms with Crippen molar-refractivity contribution in [2.75, 3.05) is 0 Å². The number of aromatic hydroxyl groups is 1. The van der Waals surface area contributed by atoms with E-state index in [1.165, 1.54) is 24.3 Å². The second kappa shape index (κ2) is 9.32. The zero-order valence-electron chi connectivity index (χ0n) is 16.0. The van der Waals surface area contributed by atoms with E-state index in [1.807, 2.05) is 6.92 Å². The van der Waals surface area contributed by atoms with Gasteiger partial charge in [-0.2, -0.15) is 18.4 Å². The lowest BCUT2D eigenvalue weighted by Crippen LogP contribution is -2.39. The van der Waals surface area contributed by atoms with Gasteiger partial charge in [0.25, 0.3) is 5.91 Å². The number of phenolic OH excluding ortho intramolecular Hbond substituents is 1. The molecule has 0 aliphatic rings. The zero-order valence-corrected chi connectivity index (χ0v) is 16.0. The van der Waals surface area contributed by atoms with Gasteiger partial charge in [-0.3, -0.25) is 4.79 Å². The Morgan fingerprint density at radius 2 is 1.90 bits per heavy atom. The summed E-state index contributed by atoms with van der Waals surface area (Å²) in [5, 5.41) is 21.0. The second-order valence-electron chi connectivity index (χ2n) is 6.53. The van der Waals surface area contributed by atoms with Crippen LogP contribution in [0, 0.1) is 11.3 Å². The lowest BCUT2D eigenvalue weighted by molar-refractivity contribution is -0.137. The minimum Gasteiger partial charge on any atom is -0.508 e. The van der Waals surface area contributed by atoms with Gasteiger partial charge in [0, 0.05) is 0 Å². The number of nitriles is 1. The highest BCUT2D eigenvalue weighted by atomic mass is 19.4. The van der Waals surface area contributed by atoms with Gasteiger partial charge in [0.2, 0.25) is 0 Å². The fourth-order valence-electron chi connectivity index (χ4n) is 2.75. The lowest BCUT2D eigenvalue weighted by Gasteiger charge is -2.22. The molecule has 0 bridgehead atoms. The van der Waals surface area contributed by atoms with E-state index in [9.17, 15) is 23.1 Å². The van der Waals surface area contributed by atoms with Crippen molar-refractivity contribution in [2.24, 2.45) is 0 Å². The van der Waals surface area contributed by atoms with Crippen molar-refractivity contribution in [2.45, 2.75) is 45.0 Å². The van der Waals surface area contributed by atoms with Crippen molar-refractivity contribution in [3.8, 4) is 17.6 Å². The average molecular weight is 406 g/mol. The van der Waals surface area contributed by atoms with Crippen LogP contribution in [-0.4, -0.2) is 17.1 Å². The highest BCUT2D eigenvalue weighted by Gasteiger charge is 2.34. The highest BCUT2D eigenvalue weighted by Crippen LogP contribution is 2.34. The van der Waals surface area contributed by atoms with Gasteiger partial charge in [-0.1, -0.05) is 25.5 Å². The number of amides is 1. The van der Waals surface area contributed by atoms with E-state index in [0.717, 1.165) is 17.7 Å². The van der Waals surface area contributed by atoms with Crippen molar-refractivity contribution in [3.05, 3.63) is 59.2 Å². The average Bonchev–Trinajstić information content (AvgIpc) is 2.67. The number of rotatable bonds is 7. The smallest absolute Gasteiger partial charge is 0.417 e. The molecule has 29 heavy (non-hydrogen) atoms. The third-order valence-electron chi connectivity index (χ3n) is 4.29. The molecule has 1 amide bonds. The Kier molecular flexibility index (Phi) is 7.10. The Labute approximate surface area is 166 Å². The number of halogens is 3. The Hall–Kier alpha value is -3.21. The molecular formula is C21H21F3N2O3. The molecular weight excluding hydrogens is 385 g/mol. The minimum absolute atomic E-state index is 0.0979. The Bertz CT molecular complexity index is 890. The Morgan fingerprint density at radius 3 is 2.45 bits per heavy atom. The van der Waals surface area contributed by atoms with E-state index in [4.69, 9.17) is 10.00 Å². The summed E-state index contributed by atoms with van der Waals surface area (Å²) in [4.78, 5) is 12.6. The summed E-state index contributed by atoms with van der Waals surface area (Å²) in [6.07, 6.45) is -4.82. The summed E-state index contributed by atoms with van der Waals surface area (Å²) in [5.41, 5.74) is -0.864. The predicted octanol–water partition coefficient (Wildman–Crippen LogP) is 4.71. The molecule has 0 aromatic heterocycles. The summed E-state index contributed by atoms with van der Waals surface area (Å²) < 4.78 is 45.0. The summed E-state index contributed by atoms with van der Waals surface area (Å²) in [6, 6.07) is 10.4. The predicted molar refractivity (Wildman–Crippen MR) is 100 cm³/mol. The first kappa shape index (κ1) is 22.1. The van der Waals surface area contributed by atoms with E-state index in [-0.39, 0.29) is 11.5 Å². The van der Waals surface area contributed by atoms with Gasteiger partial charge in [0.15, 0.2) is 6.10 Å². The van der Waals surface area contributed by atoms with Gasteiger partial charge in [0.05, 0.1) is 23.2 Å². The molecule has 2 aromatic rings. The molecule has 0 saturated heterocycles. The van der Waals surface area contributed by atoms with Crippen LogP contribution in [0.5, 0.6) is 11.5 Å². The molecule has 8 heteroatoms. The first-order valence-corrected chi connectivity index (χ1v) is 9.03. The quantitative estimate of drug-likeness (QED) is 0.698. The van der Waals surface area contributed by atoms with E-state index < -0.39 is 35.4 Å². The molecule has 154 valence electrons. The standard InChI is InChI=1S/C21H21F3N2O3/c1-3-4-19(20(28)26-13(2)14-5-8-16(27)9-6-14)29-17-10-7-15(12-25)18(11-17)21(22,23)24/h5-11,13,19,27H,3-4H2,1-2H3,(H,26,28). The molecule has 0 heterocycles. The number of hydrogen-bond acceptors (Lipinski definition) is 4. The van der Waals surface area contributed by atoms with Crippen LogP contribution in [0.4, 0.5) is 13.2 Å². The van der Waals surface area contributed by atoms with Crippen LogP contribution in [0.1, 0.15) is 49.4 Å². The molecule has 0 spiro atoms. The van der Waals surface area contributed by atoms with E-state index in [2.05, 4.69) is 5.32 Å². The van der Waals surface area contributed by atoms with Crippen LogP contribution < -0.4 is 10.1 Å². The molecule has 2 unspecified atom stereocenters. The topological polar surface area (TPSA) is 82.3 Å². The molecule has 0 aliphatic carbocycles. The zero-order chi connectivity index (χ0) is 21.6. The lowest BCUT2D eigenvalue weighted by atomic mass is 10.1. The first-order chi connectivity index (χ1) is 13.7. The summed E-state index contributed by atoms with van der Waals surface area (Å²) in [5.74, 6) is -0.506. The summed E-state index contributed by atoms with van der Waals surface area (Å²) >= 11 is 0. The molecule has 0 aliphatic heterocycles. The Balaban J connectivity index is 2.18. The third-order valence-corrected chi connectivity index (χ3v) is 4.29. The SMILES string of the molecule is CCCC(Oc1ccc(C#N)c(C(F)(F)F)c1)C(=O)NC(C)c1ccc(O)cc1. The summed E-state index contributed by atoms with van der Waals surface area (Å²) in [6.45, 7) is 3.57. The third kappa shape index (κ3) is 5.88. The van der Waals surface area contributed by atoms with Crippen LogP contribution in [-0.2, 0) is 11.0 Å². The van der Waals surface area contributed by atoms with Gasteiger partial charge < -0.3 is 15.2 Å². The van der Waals surface area contributed by atoms with Gasteiger partial charge in [0.1, 0.15) is 11.5 Å². The number of alkyl halides is 3. The maximum absolute atomic E-state index is 13.1. The highest BCUT2D eigenvalue weighted by molar-refractivity contribution is 5.81. The number of benzene rings is 2. The maximum atomic E-state index is 13.1. The maximum Gasteiger partial charge on any atom is 0.417 e. The Morgan fingerprint density at radius 1 is 1.24 bits per heavy atom. The largest absolute Gasteiger partial charge is 0.508 e. The molecule has 2 rings (SSSR count). The summed E-state index contributed by atoms with van der Waals surface area (Å²) in [7, 11) is 0. The van der Waals surface area contributed by atoms with Crippen molar-refractivity contribution < 1.29 is 27.8 Å². The first-order valence-electron chi connectivity index (χ1n) is 9.03. The number of carbonyl (C=O) groups is 1. The molecule has 0 fully saturated rings. The van der Waals surface area contributed by atoms with Crippen molar-refractivity contribution >= 4 is 5.91 Å². The molecule has 0 radical (unpaired) electrons. The van der Waals surface area contributed by atoms with Crippen molar-refractivity contribution in [1.82, 2.24) is 5.32 Å². The van der Waals surface area contributed by atoms with Gasteiger partial charge in [-0.15, -0.1) is 0 Å². The second-order valence-corrected chi connectivity index (χ2v) is 6.53. The fraction of sp³-hybridized carbons (Fsp3) is 0.333. The molecule has 0 saturated carbocycles. The van der Waals surface area contributed by atoms with Crippen LogP contribution in [0.2, 0.25) is 0 Å². The minimum atomic E-state index is -4.71. The fourth-order valence-corrected chi connectivity index (χ4v) is 2.75. The number of phenols is 1. The van der Waals surface area contributed by atoms with E-state index in [0.29, 0.717) is 12.8 Å². The van der Waals surface area contributed by atoms with Gasteiger partial charge >= 0.3 is 6.18 Å². The number of nitrogens with zero attached hydrogens (tertiary/aromatic N) is 1. The van der Waals surface area contributed by atoms with Crippen LogP contribution in [0.3, 0.4) is 0 Å². The molecule has 2 atom stereocenters. The monoisotopic (exact) mass is 406 g/mol. The van der Waals surface area contributed by atoms with Crippen LogP contribution >= 0.6 is 0 Å².